The van der Waals surface area contributed by atoms with Gasteiger partial charge >= 0.3 is 0 Å². The number of nitrogens with one attached hydrogen (secondary N) is 1. The lowest BCUT2D eigenvalue weighted by Crippen LogP contribution is -2.52. The van der Waals surface area contributed by atoms with Crippen LogP contribution in [-0.4, -0.2) is 46.3 Å². The van der Waals surface area contributed by atoms with Crippen molar-refractivity contribution in [2.75, 3.05) is 19.8 Å². The van der Waals surface area contributed by atoms with Gasteiger partial charge in [0.2, 0.25) is 0 Å². The summed E-state index contributed by atoms with van der Waals surface area (Å²) in [6, 6.07) is 1.83. The van der Waals surface area contributed by atoms with Crippen LogP contribution in [-0.2, 0) is 17.7 Å². The van der Waals surface area contributed by atoms with Crippen molar-refractivity contribution in [3.63, 3.8) is 0 Å². The minimum atomic E-state index is -0.519. The average molecular weight is 291 g/mol. The van der Waals surface area contributed by atoms with E-state index in [0.717, 1.165) is 44.0 Å². The molecular weight excluding hydrogens is 270 g/mol. The maximum absolute atomic E-state index is 11.5. The van der Waals surface area contributed by atoms with Crippen molar-refractivity contribution in [2.24, 2.45) is 5.92 Å². The van der Waals surface area contributed by atoms with E-state index in [-0.39, 0.29) is 5.54 Å². The highest BCUT2D eigenvalue weighted by Crippen LogP contribution is 2.31. The zero-order valence-corrected chi connectivity index (χ0v) is 12.4. The van der Waals surface area contributed by atoms with Crippen molar-refractivity contribution < 1.29 is 14.7 Å². The van der Waals surface area contributed by atoms with Crippen LogP contribution in [0.2, 0.25) is 0 Å². The number of pyridine rings is 1. The van der Waals surface area contributed by atoms with Gasteiger partial charge in [0.1, 0.15) is 0 Å². The van der Waals surface area contributed by atoms with E-state index >= 15 is 0 Å². The molecule has 1 saturated heterocycles. The molecule has 0 aliphatic carbocycles. The van der Waals surface area contributed by atoms with Gasteiger partial charge in [0.15, 0.2) is 0 Å². The van der Waals surface area contributed by atoms with Gasteiger partial charge in [0.05, 0.1) is 18.8 Å². The highest BCUT2D eigenvalue weighted by molar-refractivity contribution is 5.93. The topological polar surface area (TPSA) is 74.7 Å². The van der Waals surface area contributed by atoms with Crippen molar-refractivity contribution in [1.82, 2.24) is 15.4 Å². The lowest BCUT2D eigenvalue weighted by molar-refractivity contribution is -0.0632. The van der Waals surface area contributed by atoms with Gasteiger partial charge in [-0.3, -0.25) is 19.9 Å². The molecule has 21 heavy (non-hydrogen) atoms. The molecule has 6 nitrogen and oxygen atoms in total. The van der Waals surface area contributed by atoms with Gasteiger partial charge in [-0.2, -0.15) is 0 Å². The summed E-state index contributed by atoms with van der Waals surface area (Å²) in [5.41, 5.74) is 4.20. The highest BCUT2D eigenvalue weighted by Gasteiger charge is 2.36. The third-order valence-corrected chi connectivity index (χ3v) is 4.43. The summed E-state index contributed by atoms with van der Waals surface area (Å²) in [6.45, 7) is 7.91. The van der Waals surface area contributed by atoms with Crippen LogP contribution >= 0.6 is 0 Å². The van der Waals surface area contributed by atoms with E-state index in [1.54, 1.807) is 5.48 Å². The number of nitrogens with zero attached hydrogens (tertiary/aromatic N) is 2. The molecule has 6 heteroatoms. The van der Waals surface area contributed by atoms with Crippen LogP contribution in [0, 0.1) is 5.92 Å². The van der Waals surface area contributed by atoms with Crippen molar-refractivity contribution in [1.29, 1.82) is 0 Å². The largest absolute Gasteiger partial charge is 0.381 e. The van der Waals surface area contributed by atoms with Crippen LogP contribution in [0.3, 0.4) is 0 Å². The molecule has 0 bridgehead atoms. The molecule has 114 valence electrons. The summed E-state index contributed by atoms with van der Waals surface area (Å²) in [5.74, 6) is 0.0804. The second-order valence-electron chi connectivity index (χ2n) is 6.54. The highest BCUT2D eigenvalue weighted by atomic mass is 16.5. The number of hydroxylamine groups is 1. The molecule has 2 N–H and O–H groups in total. The van der Waals surface area contributed by atoms with Crippen LogP contribution in [0.1, 0.15) is 35.5 Å². The first-order valence-electron chi connectivity index (χ1n) is 7.24. The summed E-state index contributed by atoms with van der Waals surface area (Å²) in [4.78, 5) is 18.4. The molecule has 0 aromatic carbocycles. The number of ether oxygens (including phenoxy) is 1. The Morgan fingerprint density at radius 1 is 1.57 bits per heavy atom. The molecule has 0 saturated carbocycles. The Morgan fingerprint density at radius 2 is 2.33 bits per heavy atom. The second kappa shape index (κ2) is 5.36. The number of hydrogen-bond donors (Lipinski definition) is 2. The molecule has 0 radical (unpaired) electrons. The lowest BCUT2D eigenvalue weighted by atomic mass is 9.87. The Morgan fingerprint density at radius 3 is 2.95 bits per heavy atom. The third kappa shape index (κ3) is 2.79. The third-order valence-electron chi connectivity index (χ3n) is 4.43. The number of rotatable bonds is 3. The minimum Gasteiger partial charge on any atom is -0.381 e. The molecule has 2 aliphatic heterocycles. The average Bonchev–Trinajstić information content (AvgIpc) is 2.41. The van der Waals surface area contributed by atoms with E-state index in [2.05, 4.69) is 23.7 Å². The van der Waals surface area contributed by atoms with Crippen LogP contribution in [0.5, 0.6) is 0 Å². The molecule has 1 aromatic rings. The normalized spacial score (nSPS) is 21.5. The molecule has 0 atom stereocenters. The molecular formula is C15H21N3O3. The van der Waals surface area contributed by atoms with E-state index in [9.17, 15) is 4.79 Å². The summed E-state index contributed by atoms with van der Waals surface area (Å²) >= 11 is 0. The first-order valence-corrected chi connectivity index (χ1v) is 7.24. The zero-order chi connectivity index (χ0) is 15.0. The number of aromatic nitrogens is 1. The maximum atomic E-state index is 11.5. The molecule has 1 aromatic heterocycles. The van der Waals surface area contributed by atoms with E-state index < -0.39 is 5.91 Å². The summed E-state index contributed by atoms with van der Waals surface area (Å²) in [6.07, 6.45) is 2.38. The summed E-state index contributed by atoms with van der Waals surface area (Å²) in [5, 5.41) is 8.73. The second-order valence-corrected chi connectivity index (χ2v) is 6.54. The summed E-state index contributed by atoms with van der Waals surface area (Å²) < 4.78 is 5.26. The molecule has 0 spiro atoms. The fourth-order valence-corrected chi connectivity index (χ4v) is 2.98. The van der Waals surface area contributed by atoms with Gasteiger partial charge in [0.25, 0.3) is 5.91 Å². The van der Waals surface area contributed by atoms with Crippen molar-refractivity contribution >= 4 is 5.91 Å². The molecule has 0 unspecified atom stereocenters. The Hall–Kier alpha value is -1.50. The van der Waals surface area contributed by atoms with Gasteiger partial charge in [0, 0.05) is 42.9 Å². The molecule has 1 fully saturated rings. The predicted molar refractivity (Wildman–Crippen MR) is 76.0 cm³/mol. The quantitative estimate of drug-likeness (QED) is 0.641. The van der Waals surface area contributed by atoms with E-state index in [1.807, 2.05) is 6.07 Å². The number of fused-ring (bicyclic) bond motifs is 1. The molecule has 1 amide bonds. The number of hydrogen-bond acceptors (Lipinski definition) is 5. The van der Waals surface area contributed by atoms with Crippen molar-refractivity contribution in [2.45, 2.75) is 32.4 Å². The zero-order valence-electron chi connectivity index (χ0n) is 12.4. The first-order chi connectivity index (χ1) is 9.99. The van der Waals surface area contributed by atoms with Crippen LogP contribution < -0.4 is 5.48 Å². The Kier molecular flexibility index (Phi) is 3.69. The molecule has 2 aliphatic rings. The monoisotopic (exact) mass is 291 g/mol. The summed E-state index contributed by atoms with van der Waals surface area (Å²) in [7, 11) is 0. The van der Waals surface area contributed by atoms with Crippen molar-refractivity contribution in [3.05, 3.63) is 29.1 Å². The van der Waals surface area contributed by atoms with E-state index in [4.69, 9.17) is 9.94 Å². The van der Waals surface area contributed by atoms with Gasteiger partial charge in [-0.15, -0.1) is 0 Å². The van der Waals surface area contributed by atoms with Crippen LogP contribution in [0.4, 0.5) is 0 Å². The first kappa shape index (κ1) is 14.4. The Balaban J connectivity index is 1.83. The predicted octanol–water partition coefficient (Wildman–Crippen LogP) is 0.984. The van der Waals surface area contributed by atoms with Gasteiger partial charge in [-0.1, -0.05) is 0 Å². The number of carbonyl (C=O) groups excluding carboxylic acids is 1. The Bertz CT molecular complexity index is 555. The minimum absolute atomic E-state index is 0.0519. The molecule has 3 heterocycles. The fourth-order valence-electron chi connectivity index (χ4n) is 2.98. The van der Waals surface area contributed by atoms with Gasteiger partial charge in [-0.05, 0) is 25.5 Å². The smallest absolute Gasteiger partial charge is 0.276 e. The lowest BCUT2D eigenvalue weighted by Gasteiger charge is -2.45. The van der Waals surface area contributed by atoms with Crippen LogP contribution in [0.25, 0.3) is 0 Å². The van der Waals surface area contributed by atoms with Crippen LogP contribution in [0.15, 0.2) is 12.3 Å². The van der Waals surface area contributed by atoms with E-state index in [1.165, 1.54) is 6.20 Å². The van der Waals surface area contributed by atoms with Crippen molar-refractivity contribution in [3.8, 4) is 0 Å². The Labute approximate surface area is 124 Å². The SMILES string of the molecule is CC1(C)Cc2ncc(C(=O)NO)cc2CN1CC1COC1. The number of carbonyl (C=O) groups is 1. The fraction of sp³-hybridized carbons (Fsp3) is 0.600. The maximum Gasteiger partial charge on any atom is 0.276 e. The number of amides is 1. The van der Waals surface area contributed by atoms with Gasteiger partial charge < -0.3 is 4.74 Å². The van der Waals surface area contributed by atoms with E-state index in [0.29, 0.717) is 11.5 Å². The van der Waals surface area contributed by atoms with Gasteiger partial charge in [-0.25, -0.2) is 5.48 Å². The standard InChI is InChI=1S/C15H21N3O3/c1-15(2)4-13-12(3-11(5-16-13)14(19)17-20)7-18(15)6-10-8-21-9-10/h3,5,10,20H,4,6-9H2,1-2H3,(H,17,19). The molecule has 3 rings (SSSR count).